The van der Waals surface area contributed by atoms with Crippen molar-refractivity contribution in [3.05, 3.63) is 28.2 Å². The van der Waals surface area contributed by atoms with Gasteiger partial charge < -0.3 is 15.2 Å². The molecule has 3 nitrogen and oxygen atoms in total. The third kappa shape index (κ3) is 5.06. The van der Waals surface area contributed by atoms with E-state index in [1.54, 1.807) is 7.11 Å². The molecule has 2 N–H and O–H groups in total. The fraction of sp³-hybridized carbons (Fsp3) is 0.538. The molecule has 1 aromatic rings. The number of halogens is 1. The molecule has 0 amide bonds. The van der Waals surface area contributed by atoms with Crippen molar-refractivity contribution in [1.82, 2.24) is 0 Å². The van der Waals surface area contributed by atoms with Crippen LogP contribution in [-0.2, 0) is 11.2 Å². The molecular weight excluding hydrogens is 282 g/mol. The molecule has 0 bridgehead atoms. The molecule has 4 heteroatoms. The lowest BCUT2D eigenvalue weighted by atomic mass is 10.0. The molecule has 0 heterocycles. The molecule has 0 saturated heterocycles. The second-order valence-electron chi connectivity index (χ2n) is 3.98. The normalized spacial score (nSPS) is 12.5. The van der Waals surface area contributed by atoms with E-state index >= 15 is 0 Å². The van der Waals surface area contributed by atoms with Gasteiger partial charge in [-0.05, 0) is 46.5 Å². The molecule has 0 fully saturated rings. The highest BCUT2D eigenvalue weighted by Gasteiger charge is 2.05. The number of methoxy groups -OCH3 is 1. The van der Waals surface area contributed by atoms with Crippen molar-refractivity contribution in [2.45, 2.75) is 25.8 Å². The highest BCUT2D eigenvalue weighted by molar-refractivity contribution is 9.10. The van der Waals surface area contributed by atoms with Gasteiger partial charge in [0.1, 0.15) is 12.4 Å². The summed E-state index contributed by atoms with van der Waals surface area (Å²) in [6.07, 6.45) is 1.89. The van der Waals surface area contributed by atoms with Crippen LogP contribution in [0.3, 0.4) is 0 Å². The van der Waals surface area contributed by atoms with Gasteiger partial charge in [0.15, 0.2) is 0 Å². The van der Waals surface area contributed by atoms with E-state index in [4.69, 9.17) is 15.2 Å². The zero-order valence-electron chi connectivity index (χ0n) is 10.4. The summed E-state index contributed by atoms with van der Waals surface area (Å²) in [7, 11) is 1.66. The summed E-state index contributed by atoms with van der Waals surface area (Å²) in [5.41, 5.74) is 7.16. The second kappa shape index (κ2) is 7.69. The van der Waals surface area contributed by atoms with Gasteiger partial charge in [0, 0.05) is 13.2 Å². The molecule has 0 aromatic heterocycles. The van der Waals surface area contributed by atoms with E-state index in [1.165, 1.54) is 5.56 Å². The summed E-state index contributed by atoms with van der Waals surface area (Å²) < 4.78 is 11.5. The molecule has 1 aromatic carbocycles. The van der Waals surface area contributed by atoms with Crippen LogP contribution in [0, 0.1) is 0 Å². The first-order valence-electron chi connectivity index (χ1n) is 5.83. The number of nitrogens with two attached hydrogens (primary N) is 1. The molecule has 0 aliphatic carbocycles. The molecule has 17 heavy (non-hydrogen) atoms. The quantitative estimate of drug-likeness (QED) is 0.788. The van der Waals surface area contributed by atoms with Crippen LogP contribution in [0.4, 0.5) is 0 Å². The third-order valence-electron chi connectivity index (χ3n) is 2.56. The van der Waals surface area contributed by atoms with Gasteiger partial charge in [0.2, 0.25) is 0 Å². The van der Waals surface area contributed by atoms with Crippen LogP contribution in [0.1, 0.15) is 18.9 Å². The first-order valence-corrected chi connectivity index (χ1v) is 6.62. The lowest BCUT2D eigenvalue weighted by Gasteiger charge is -2.12. The number of hydrogen-bond acceptors (Lipinski definition) is 3. The highest BCUT2D eigenvalue weighted by Crippen LogP contribution is 2.26. The van der Waals surface area contributed by atoms with Crippen molar-refractivity contribution in [2.24, 2.45) is 5.73 Å². The van der Waals surface area contributed by atoms with E-state index in [-0.39, 0.29) is 6.04 Å². The van der Waals surface area contributed by atoms with Crippen molar-refractivity contribution in [2.75, 3.05) is 20.3 Å². The van der Waals surface area contributed by atoms with Crippen LogP contribution < -0.4 is 10.5 Å². The SMILES string of the molecule is CCC(N)Cc1ccc(OCCOC)c(Br)c1. The molecule has 0 spiro atoms. The third-order valence-corrected chi connectivity index (χ3v) is 3.18. The van der Waals surface area contributed by atoms with E-state index in [9.17, 15) is 0 Å². The first kappa shape index (κ1) is 14.5. The Morgan fingerprint density at radius 3 is 2.71 bits per heavy atom. The summed E-state index contributed by atoms with van der Waals surface area (Å²) in [5, 5.41) is 0. The number of rotatable bonds is 7. The Morgan fingerprint density at radius 2 is 2.12 bits per heavy atom. The predicted octanol–water partition coefficient (Wildman–Crippen LogP) is 2.75. The minimum atomic E-state index is 0.224. The second-order valence-corrected chi connectivity index (χ2v) is 4.83. The average molecular weight is 302 g/mol. The lowest BCUT2D eigenvalue weighted by Crippen LogP contribution is -2.21. The highest BCUT2D eigenvalue weighted by atomic mass is 79.9. The smallest absolute Gasteiger partial charge is 0.133 e. The van der Waals surface area contributed by atoms with Crippen LogP contribution in [0.2, 0.25) is 0 Å². The van der Waals surface area contributed by atoms with Crippen molar-refractivity contribution < 1.29 is 9.47 Å². The maximum atomic E-state index is 5.93. The summed E-state index contributed by atoms with van der Waals surface area (Å²) in [4.78, 5) is 0. The Morgan fingerprint density at radius 1 is 1.35 bits per heavy atom. The topological polar surface area (TPSA) is 44.5 Å². The van der Waals surface area contributed by atoms with E-state index in [1.807, 2.05) is 6.07 Å². The van der Waals surface area contributed by atoms with Gasteiger partial charge >= 0.3 is 0 Å². The Hall–Kier alpha value is -0.580. The van der Waals surface area contributed by atoms with E-state index in [2.05, 4.69) is 35.0 Å². The maximum absolute atomic E-state index is 5.93. The summed E-state index contributed by atoms with van der Waals surface area (Å²) in [6, 6.07) is 6.32. The monoisotopic (exact) mass is 301 g/mol. The zero-order valence-corrected chi connectivity index (χ0v) is 12.0. The van der Waals surface area contributed by atoms with Crippen LogP contribution >= 0.6 is 15.9 Å². The Labute approximate surface area is 111 Å². The standard InChI is InChI=1S/C13H20BrNO2/c1-3-11(15)8-10-4-5-13(12(14)9-10)17-7-6-16-2/h4-5,9,11H,3,6-8,15H2,1-2H3. The van der Waals surface area contributed by atoms with Crippen molar-refractivity contribution in [1.29, 1.82) is 0 Å². The van der Waals surface area contributed by atoms with Gasteiger partial charge in [0.25, 0.3) is 0 Å². The molecule has 0 radical (unpaired) electrons. The minimum absolute atomic E-state index is 0.224. The number of hydrogen-bond donors (Lipinski definition) is 1. The fourth-order valence-electron chi connectivity index (χ4n) is 1.47. The zero-order chi connectivity index (χ0) is 12.7. The molecule has 1 rings (SSSR count). The van der Waals surface area contributed by atoms with Crippen molar-refractivity contribution in [3.63, 3.8) is 0 Å². The molecule has 0 aliphatic rings. The van der Waals surface area contributed by atoms with Gasteiger partial charge in [-0.3, -0.25) is 0 Å². The minimum Gasteiger partial charge on any atom is -0.490 e. The van der Waals surface area contributed by atoms with Gasteiger partial charge in [-0.2, -0.15) is 0 Å². The summed E-state index contributed by atoms with van der Waals surface area (Å²) in [6.45, 7) is 3.25. The summed E-state index contributed by atoms with van der Waals surface area (Å²) in [5.74, 6) is 0.843. The first-order chi connectivity index (χ1) is 8.17. The van der Waals surface area contributed by atoms with E-state index < -0.39 is 0 Å². The fourth-order valence-corrected chi connectivity index (χ4v) is 2.01. The van der Waals surface area contributed by atoms with Gasteiger partial charge in [0.05, 0.1) is 11.1 Å². The van der Waals surface area contributed by atoms with Gasteiger partial charge in [-0.25, -0.2) is 0 Å². The van der Waals surface area contributed by atoms with Crippen LogP contribution in [0.25, 0.3) is 0 Å². The molecular formula is C13H20BrNO2. The number of ether oxygens (including phenoxy) is 2. The Balaban J connectivity index is 2.59. The lowest BCUT2D eigenvalue weighted by molar-refractivity contribution is 0.146. The largest absolute Gasteiger partial charge is 0.490 e. The predicted molar refractivity (Wildman–Crippen MR) is 73.5 cm³/mol. The molecule has 0 saturated carbocycles. The van der Waals surface area contributed by atoms with E-state index in [0.717, 1.165) is 23.1 Å². The molecule has 1 unspecified atom stereocenters. The van der Waals surface area contributed by atoms with Gasteiger partial charge in [-0.1, -0.05) is 13.0 Å². The maximum Gasteiger partial charge on any atom is 0.133 e. The van der Waals surface area contributed by atoms with Crippen molar-refractivity contribution >= 4 is 15.9 Å². The molecule has 0 aliphatic heterocycles. The van der Waals surface area contributed by atoms with Crippen LogP contribution in [0.15, 0.2) is 22.7 Å². The van der Waals surface area contributed by atoms with Crippen LogP contribution in [0.5, 0.6) is 5.75 Å². The Bertz CT molecular complexity index is 344. The van der Waals surface area contributed by atoms with Crippen LogP contribution in [-0.4, -0.2) is 26.4 Å². The number of benzene rings is 1. The van der Waals surface area contributed by atoms with E-state index in [0.29, 0.717) is 13.2 Å². The summed E-state index contributed by atoms with van der Waals surface area (Å²) >= 11 is 3.50. The Kier molecular flexibility index (Phi) is 6.55. The molecule has 96 valence electrons. The van der Waals surface area contributed by atoms with Crippen molar-refractivity contribution in [3.8, 4) is 5.75 Å². The molecule has 1 atom stereocenters. The average Bonchev–Trinajstić information content (AvgIpc) is 2.32. The van der Waals surface area contributed by atoms with Gasteiger partial charge in [-0.15, -0.1) is 0 Å².